The van der Waals surface area contributed by atoms with E-state index in [-0.39, 0.29) is 11.4 Å². The number of amides is 1. The summed E-state index contributed by atoms with van der Waals surface area (Å²) in [7, 11) is 0. The van der Waals surface area contributed by atoms with Crippen LogP contribution in [0.25, 0.3) is 0 Å². The van der Waals surface area contributed by atoms with E-state index in [4.69, 9.17) is 0 Å². The van der Waals surface area contributed by atoms with Crippen molar-refractivity contribution in [2.45, 2.75) is 19.6 Å². The van der Waals surface area contributed by atoms with Gasteiger partial charge in [0.1, 0.15) is 11.5 Å². The van der Waals surface area contributed by atoms with Crippen molar-refractivity contribution in [2.75, 3.05) is 10.6 Å². The molecular weight excluding hydrogens is 369 g/mol. The van der Waals surface area contributed by atoms with Gasteiger partial charge in [-0.3, -0.25) is 4.79 Å². The van der Waals surface area contributed by atoms with E-state index in [9.17, 15) is 18.0 Å². The Hall–Kier alpha value is -3.42. The van der Waals surface area contributed by atoms with Gasteiger partial charge in [-0.15, -0.1) is 0 Å². The molecule has 0 spiro atoms. The Morgan fingerprint density at radius 2 is 1.82 bits per heavy atom. The molecule has 3 aromatic rings. The third kappa shape index (κ3) is 4.85. The summed E-state index contributed by atoms with van der Waals surface area (Å²) in [5.74, 6) is -0.316. The van der Waals surface area contributed by atoms with E-state index in [0.29, 0.717) is 12.4 Å². The second-order valence-electron chi connectivity index (χ2n) is 6.13. The number of hydrogen-bond donors (Lipinski definition) is 2. The lowest BCUT2D eigenvalue weighted by molar-refractivity contribution is -0.136. The summed E-state index contributed by atoms with van der Waals surface area (Å²) in [6.45, 7) is 2.52. The van der Waals surface area contributed by atoms with E-state index in [1.165, 1.54) is 30.6 Å². The van der Waals surface area contributed by atoms with Crippen molar-refractivity contribution < 1.29 is 18.0 Å². The summed E-state index contributed by atoms with van der Waals surface area (Å²) in [5.41, 5.74) is 0.859. The van der Waals surface area contributed by atoms with Crippen LogP contribution in [0.1, 0.15) is 27.2 Å². The molecule has 0 bridgehead atoms. The Bertz CT molecular complexity index is 972. The number of aryl methyl sites for hydroxylation is 1. The zero-order valence-corrected chi connectivity index (χ0v) is 14.9. The molecule has 0 saturated heterocycles. The van der Waals surface area contributed by atoms with Gasteiger partial charge in [0.05, 0.1) is 23.6 Å². The number of hydrogen-bond acceptors (Lipinski definition) is 4. The zero-order chi connectivity index (χ0) is 20.1. The molecule has 5 nitrogen and oxygen atoms in total. The summed E-state index contributed by atoms with van der Waals surface area (Å²) in [6, 6.07) is 12.7. The van der Waals surface area contributed by atoms with Gasteiger partial charge in [-0.1, -0.05) is 42.0 Å². The standard InChI is InChI=1S/C20H17F3N4O/c1-13-5-4-6-14(9-13)10-25-18-12-24-17(11-26-18)19(28)27-16-8-3-2-7-15(16)20(21,22)23/h2-9,11-12H,10H2,1H3,(H,25,26)(H,27,28). The van der Waals surface area contributed by atoms with Crippen LogP contribution < -0.4 is 10.6 Å². The number of carbonyl (C=O) groups is 1. The molecule has 3 rings (SSSR count). The molecule has 1 amide bonds. The Morgan fingerprint density at radius 1 is 1.04 bits per heavy atom. The Labute approximate surface area is 159 Å². The Morgan fingerprint density at radius 3 is 2.50 bits per heavy atom. The first-order valence-electron chi connectivity index (χ1n) is 8.42. The van der Waals surface area contributed by atoms with E-state index in [1.807, 2.05) is 31.2 Å². The minimum Gasteiger partial charge on any atom is -0.365 e. The van der Waals surface area contributed by atoms with Crippen molar-refractivity contribution in [3.63, 3.8) is 0 Å². The number of aromatic nitrogens is 2. The maximum absolute atomic E-state index is 13.0. The van der Waals surface area contributed by atoms with Gasteiger partial charge in [-0.05, 0) is 24.6 Å². The van der Waals surface area contributed by atoms with Crippen molar-refractivity contribution >= 4 is 17.4 Å². The smallest absolute Gasteiger partial charge is 0.365 e. The van der Waals surface area contributed by atoms with Crippen LogP contribution in [0.4, 0.5) is 24.7 Å². The molecule has 2 aromatic carbocycles. The molecular formula is C20H17F3N4O. The summed E-state index contributed by atoms with van der Waals surface area (Å²) in [6.07, 6.45) is -2.00. The fraction of sp³-hybridized carbons (Fsp3) is 0.150. The minimum absolute atomic E-state index is 0.0851. The van der Waals surface area contributed by atoms with Crippen molar-refractivity contribution in [3.8, 4) is 0 Å². The number of nitrogens with one attached hydrogen (secondary N) is 2. The number of para-hydroxylation sites is 1. The van der Waals surface area contributed by atoms with Gasteiger partial charge in [0.15, 0.2) is 0 Å². The van der Waals surface area contributed by atoms with Gasteiger partial charge in [-0.25, -0.2) is 9.97 Å². The highest BCUT2D eigenvalue weighted by Gasteiger charge is 2.33. The fourth-order valence-corrected chi connectivity index (χ4v) is 2.58. The predicted molar refractivity (Wildman–Crippen MR) is 99.9 cm³/mol. The summed E-state index contributed by atoms with van der Waals surface area (Å²) in [4.78, 5) is 20.3. The Balaban J connectivity index is 1.66. The van der Waals surface area contributed by atoms with Gasteiger partial charge >= 0.3 is 6.18 Å². The van der Waals surface area contributed by atoms with Crippen LogP contribution in [0, 0.1) is 6.92 Å². The highest BCUT2D eigenvalue weighted by atomic mass is 19.4. The van der Waals surface area contributed by atoms with Crippen LogP contribution in [0.2, 0.25) is 0 Å². The van der Waals surface area contributed by atoms with Gasteiger partial charge < -0.3 is 10.6 Å². The Kier molecular flexibility index (Phi) is 5.58. The normalized spacial score (nSPS) is 11.1. The molecule has 0 saturated carbocycles. The molecule has 0 aliphatic carbocycles. The SMILES string of the molecule is Cc1cccc(CNc2cnc(C(=O)Nc3ccccc3C(F)(F)F)cn2)c1. The number of nitrogens with zero attached hydrogens (tertiary/aromatic N) is 2. The molecule has 8 heteroatoms. The van der Waals surface area contributed by atoms with Crippen molar-refractivity contribution in [1.82, 2.24) is 9.97 Å². The first-order valence-corrected chi connectivity index (χ1v) is 8.42. The molecule has 0 aliphatic rings. The number of carbonyl (C=O) groups excluding carboxylic acids is 1. The monoisotopic (exact) mass is 386 g/mol. The van der Waals surface area contributed by atoms with Crippen LogP contribution in [-0.4, -0.2) is 15.9 Å². The van der Waals surface area contributed by atoms with Crippen LogP contribution in [0.15, 0.2) is 60.9 Å². The lowest BCUT2D eigenvalue weighted by Gasteiger charge is -2.13. The van der Waals surface area contributed by atoms with Crippen molar-refractivity contribution in [2.24, 2.45) is 0 Å². The second kappa shape index (κ2) is 8.08. The molecule has 144 valence electrons. The summed E-state index contributed by atoms with van der Waals surface area (Å²) in [5, 5.41) is 5.31. The van der Waals surface area contributed by atoms with Gasteiger partial charge in [0, 0.05) is 6.54 Å². The fourth-order valence-electron chi connectivity index (χ4n) is 2.58. The highest BCUT2D eigenvalue weighted by Crippen LogP contribution is 2.34. The van der Waals surface area contributed by atoms with Gasteiger partial charge in [0.25, 0.3) is 5.91 Å². The highest BCUT2D eigenvalue weighted by molar-refractivity contribution is 6.03. The number of alkyl halides is 3. The zero-order valence-electron chi connectivity index (χ0n) is 14.9. The van der Waals surface area contributed by atoms with Crippen LogP contribution in [-0.2, 0) is 12.7 Å². The molecule has 2 N–H and O–H groups in total. The van der Waals surface area contributed by atoms with Crippen LogP contribution in [0.5, 0.6) is 0 Å². The van der Waals surface area contributed by atoms with Crippen molar-refractivity contribution in [3.05, 3.63) is 83.3 Å². The molecule has 1 heterocycles. The van der Waals surface area contributed by atoms with E-state index in [1.54, 1.807) is 0 Å². The van der Waals surface area contributed by atoms with Crippen LogP contribution >= 0.6 is 0 Å². The topological polar surface area (TPSA) is 66.9 Å². The molecule has 0 radical (unpaired) electrons. The quantitative estimate of drug-likeness (QED) is 0.669. The van der Waals surface area contributed by atoms with Gasteiger partial charge in [0.2, 0.25) is 0 Å². The molecule has 0 fully saturated rings. The lowest BCUT2D eigenvalue weighted by atomic mass is 10.1. The third-order valence-corrected chi connectivity index (χ3v) is 3.92. The first kappa shape index (κ1) is 19.3. The van der Waals surface area contributed by atoms with Crippen molar-refractivity contribution in [1.29, 1.82) is 0 Å². The predicted octanol–water partition coefficient (Wildman–Crippen LogP) is 4.67. The number of halogens is 3. The third-order valence-electron chi connectivity index (χ3n) is 3.92. The van der Waals surface area contributed by atoms with Gasteiger partial charge in [-0.2, -0.15) is 13.2 Å². The minimum atomic E-state index is -4.57. The number of anilines is 2. The average molecular weight is 386 g/mol. The maximum Gasteiger partial charge on any atom is 0.418 e. The maximum atomic E-state index is 13.0. The molecule has 0 unspecified atom stereocenters. The first-order chi connectivity index (χ1) is 13.3. The lowest BCUT2D eigenvalue weighted by Crippen LogP contribution is -2.18. The summed E-state index contributed by atoms with van der Waals surface area (Å²) >= 11 is 0. The van der Waals surface area contributed by atoms with E-state index < -0.39 is 17.6 Å². The molecule has 0 atom stereocenters. The molecule has 0 aliphatic heterocycles. The van der Waals surface area contributed by atoms with Crippen LogP contribution in [0.3, 0.4) is 0 Å². The molecule has 1 aromatic heterocycles. The average Bonchev–Trinajstić information content (AvgIpc) is 2.66. The van der Waals surface area contributed by atoms with E-state index in [0.717, 1.165) is 17.2 Å². The number of benzene rings is 2. The second-order valence-corrected chi connectivity index (χ2v) is 6.13. The molecule has 28 heavy (non-hydrogen) atoms. The number of rotatable bonds is 5. The largest absolute Gasteiger partial charge is 0.418 e. The van der Waals surface area contributed by atoms with E-state index >= 15 is 0 Å². The summed E-state index contributed by atoms with van der Waals surface area (Å²) < 4.78 is 39.0. The van der Waals surface area contributed by atoms with E-state index in [2.05, 4.69) is 20.6 Å².